The predicted molar refractivity (Wildman–Crippen MR) is 69.4 cm³/mol. The molecule has 0 aliphatic carbocycles. The summed E-state index contributed by atoms with van der Waals surface area (Å²) in [7, 11) is -3.25. The SMILES string of the molecule is O=S(=O)(N1CCCC1)N1CCCN(CCO)CC1. The molecule has 0 saturated carbocycles. The van der Waals surface area contributed by atoms with Crippen molar-refractivity contribution in [2.45, 2.75) is 19.3 Å². The van der Waals surface area contributed by atoms with Crippen molar-refractivity contribution < 1.29 is 13.5 Å². The van der Waals surface area contributed by atoms with Crippen LogP contribution in [0.25, 0.3) is 0 Å². The fourth-order valence-electron chi connectivity index (χ4n) is 2.63. The van der Waals surface area contributed by atoms with E-state index in [1.807, 2.05) is 0 Å². The second kappa shape index (κ2) is 6.29. The van der Waals surface area contributed by atoms with Crippen molar-refractivity contribution >= 4 is 10.2 Å². The molecule has 0 amide bonds. The molecule has 0 aromatic carbocycles. The maximum Gasteiger partial charge on any atom is 0.282 e. The quantitative estimate of drug-likeness (QED) is 0.740. The summed E-state index contributed by atoms with van der Waals surface area (Å²) in [6.07, 6.45) is 2.79. The standard InChI is InChI=1S/C11H23N3O3S/c15-11-10-12-4-3-7-14(9-8-12)18(16,17)13-5-1-2-6-13/h15H,1-11H2. The van der Waals surface area contributed by atoms with Crippen LogP contribution in [0.5, 0.6) is 0 Å². The average molecular weight is 277 g/mol. The van der Waals surface area contributed by atoms with Gasteiger partial charge < -0.3 is 5.11 Å². The minimum absolute atomic E-state index is 0.138. The van der Waals surface area contributed by atoms with Gasteiger partial charge in [-0.15, -0.1) is 0 Å². The first-order valence-corrected chi connectivity index (χ1v) is 8.13. The lowest BCUT2D eigenvalue weighted by atomic mass is 10.4. The molecule has 0 radical (unpaired) electrons. The van der Waals surface area contributed by atoms with E-state index in [9.17, 15) is 8.42 Å². The van der Waals surface area contributed by atoms with Crippen LogP contribution in [0.4, 0.5) is 0 Å². The Morgan fingerprint density at radius 3 is 2.11 bits per heavy atom. The van der Waals surface area contributed by atoms with E-state index >= 15 is 0 Å². The molecule has 0 aromatic rings. The number of rotatable bonds is 4. The van der Waals surface area contributed by atoms with Crippen molar-refractivity contribution in [1.82, 2.24) is 13.5 Å². The van der Waals surface area contributed by atoms with Crippen LogP contribution in [-0.4, -0.2) is 79.5 Å². The van der Waals surface area contributed by atoms with Gasteiger partial charge in [0.15, 0.2) is 0 Å². The molecule has 7 heteroatoms. The third kappa shape index (κ3) is 3.21. The van der Waals surface area contributed by atoms with Crippen LogP contribution in [0.2, 0.25) is 0 Å². The summed E-state index contributed by atoms with van der Waals surface area (Å²) in [6.45, 7) is 4.83. The Bertz CT molecular complexity index is 355. The molecule has 0 aromatic heterocycles. The number of aliphatic hydroxyl groups excluding tert-OH is 1. The van der Waals surface area contributed by atoms with Crippen molar-refractivity contribution in [2.75, 3.05) is 52.4 Å². The Balaban J connectivity index is 1.96. The summed E-state index contributed by atoms with van der Waals surface area (Å²) in [5.41, 5.74) is 0. The van der Waals surface area contributed by atoms with Gasteiger partial charge in [-0.25, -0.2) is 0 Å². The zero-order chi connectivity index (χ0) is 13.0. The molecular formula is C11H23N3O3S. The van der Waals surface area contributed by atoms with Gasteiger partial charge in [-0.1, -0.05) is 0 Å². The minimum Gasteiger partial charge on any atom is -0.395 e. The third-order valence-corrected chi connectivity index (χ3v) is 5.72. The lowest BCUT2D eigenvalue weighted by Crippen LogP contribution is -2.44. The van der Waals surface area contributed by atoms with Gasteiger partial charge in [0, 0.05) is 39.3 Å². The van der Waals surface area contributed by atoms with E-state index in [1.165, 1.54) is 0 Å². The van der Waals surface area contributed by atoms with Gasteiger partial charge in [0.1, 0.15) is 0 Å². The highest BCUT2D eigenvalue weighted by molar-refractivity contribution is 7.86. The number of hydrogen-bond donors (Lipinski definition) is 1. The lowest BCUT2D eigenvalue weighted by molar-refractivity contribution is 0.201. The Morgan fingerprint density at radius 1 is 0.833 bits per heavy atom. The summed E-state index contributed by atoms with van der Waals surface area (Å²) < 4.78 is 28.0. The van der Waals surface area contributed by atoms with Gasteiger partial charge in [0.05, 0.1) is 6.61 Å². The highest BCUT2D eigenvalue weighted by Crippen LogP contribution is 2.18. The zero-order valence-corrected chi connectivity index (χ0v) is 11.6. The fraction of sp³-hybridized carbons (Fsp3) is 1.00. The molecule has 2 saturated heterocycles. The summed E-state index contributed by atoms with van der Waals surface area (Å²) in [6, 6.07) is 0. The monoisotopic (exact) mass is 277 g/mol. The molecule has 18 heavy (non-hydrogen) atoms. The van der Waals surface area contributed by atoms with Gasteiger partial charge in [-0.05, 0) is 25.8 Å². The summed E-state index contributed by atoms with van der Waals surface area (Å²) >= 11 is 0. The maximum absolute atomic E-state index is 12.4. The van der Waals surface area contributed by atoms with E-state index in [2.05, 4.69) is 4.90 Å². The van der Waals surface area contributed by atoms with Crippen LogP contribution >= 0.6 is 0 Å². The normalized spacial score (nSPS) is 25.4. The fourth-order valence-corrected chi connectivity index (χ4v) is 4.34. The first-order chi connectivity index (χ1) is 8.64. The van der Waals surface area contributed by atoms with E-state index in [1.54, 1.807) is 8.61 Å². The smallest absolute Gasteiger partial charge is 0.282 e. The molecule has 2 aliphatic rings. The highest BCUT2D eigenvalue weighted by atomic mass is 32.2. The Kier molecular flexibility index (Phi) is 4.97. The molecule has 0 spiro atoms. The largest absolute Gasteiger partial charge is 0.395 e. The minimum atomic E-state index is -3.25. The van der Waals surface area contributed by atoms with E-state index in [0.717, 1.165) is 25.8 Å². The molecule has 0 unspecified atom stereocenters. The molecule has 2 aliphatic heterocycles. The number of aliphatic hydroxyl groups is 1. The van der Waals surface area contributed by atoms with Crippen LogP contribution in [0.1, 0.15) is 19.3 Å². The summed E-state index contributed by atoms with van der Waals surface area (Å²) in [5, 5.41) is 8.93. The van der Waals surface area contributed by atoms with Crippen LogP contribution in [0.15, 0.2) is 0 Å². The third-order valence-electron chi connectivity index (χ3n) is 3.68. The van der Waals surface area contributed by atoms with E-state index in [4.69, 9.17) is 5.11 Å². The molecular weight excluding hydrogens is 254 g/mol. The second-order valence-electron chi connectivity index (χ2n) is 4.93. The molecule has 6 nitrogen and oxygen atoms in total. The van der Waals surface area contributed by atoms with Crippen molar-refractivity contribution in [3.63, 3.8) is 0 Å². The van der Waals surface area contributed by atoms with Crippen molar-refractivity contribution in [1.29, 1.82) is 0 Å². The molecule has 2 rings (SSSR count). The topological polar surface area (TPSA) is 64.1 Å². The van der Waals surface area contributed by atoms with Crippen molar-refractivity contribution in [2.24, 2.45) is 0 Å². The van der Waals surface area contributed by atoms with Gasteiger partial charge in [-0.3, -0.25) is 4.90 Å². The van der Waals surface area contributed by atoms with Crippen LogP contribution in [0, 0.1) is 0 Å². The van der Waals surface area contributed by atoms with Gasteiger partial charge in [0.2, 0.25) is 0 Å². The number of β-amino-alcohol motifs (C(OH)–C–C–N with tert-alkyl or cyclic N) is 1. The molecule has 2 fully saturated rings. The number of nitrogens with zero attached hydrogens (tertiary/aromatic N) is 3. The van der Waals surface area contributed by atoms with Gasteiger partial charge in [-0.2, -0.15) is 17.0 Å². The maximum atomic E-state index is 12.4. The van der Waals surface area contributed by atoms with Gasteiger partial charge in [0.25, 0.3) is 10.2 Å². The Morgan fingerprint density at radius 2 is 1.44 bits per heavy atom. The van der Waals surface area contributed by atoms with Crippen LogP contribution < -0.4 is 0 Å². The van der Waals surface area contributed by atoms with Gasteiger partial charge >= 0.3 is 0 Å². The molecule has 0 atom stereocenters. The molecule has 2 heterocycles. The first-order valence-electron chi connectivity index (χ1n) is 6.73. The summed E-state index contributed by atoms with van der Waals surface area (Å²) in [5.74, 6) is 0. The number of hydrogen-bond acceptors (Lipinski definition) is 4. The lowest BCUT2D eigenvalue weighted by Gasteiger charge is -2.26. The van der Waals surface area contributed by atoms with E-state index < -0.39 is 10.2 Å². The molecule has 1 N–H and O–H groups in total. The average Bonchev–Trinajstić information content (AvgIpc) is 2.78. The Labute approximate surface area is 109 Å². The van der Waals surface area contributed by atoms with Crippen LogP contribution in [0.3, 0.4) is 0 Å². The van der Waals surface area contributed by atoms with Crippen molar-refractivity contribution in [3.8, 4) is 0 Å². The van der Waals surface area contributed by atoms with Crippen molar-refractivity contribution in [3.05, 3.63) is 0 Å². The molecule has 0 bridgehead atoms. The second-order valence-corrected chi connectivity index (χ2v) is 6.86. The molecule has 106 valence electrons. The van der Waals surface area contributed by atoms with E-state index in [-0.39, 0.29) is 6.61 Å². The zero-order valence-electron chi connectivity index (χ0n) is 10.8. The van der Waals surface area contributed by atoms with Crippen LogP contribution in [-0.2, 0) is 10.2 Å². The Hall–Kier alpha value is -0.210. The highest BCUT2D eigenvalue weighted by Gasteiger charge is 2.32. The summed E-state index contributed by atoms with van der Waals surface area (Å²) in [4.78, 5) is 2.12. The first kappa shape index (κ1) is 14.2. The van der Waals surface area contributed by atoms with E-state index in [0.29, 0.717) is 39.3 Å². The predicted octanol–water partition coefficient (Wildman–Crippen LogP) is -0.673.